The van der Waals surface area contributed by atoms with Gasteiger partial charge in [-0.2, -0.15) is 0 Å². The minimum Gasteiger partial charge on any atom is -0.480 e. The van der Waals surface area contributed by atoms with E-state index >= 15 is 0 Å². The second-order valence-electron chi connectivity index (χ2n) is 3.61. The van der Waals surface area contributed by atoms with Crippen molar-refractivity contribution in [2.45, 2.75) is 12.8 Å². The van der Waals surface area contributed by atoms with Crippen LogP contribution >= 0.6 is 0 Å². The number of carbonyl (C=O) groups excluding carboxylic acids is 2. The molecule has 104 valence electrons. The molecule has 0 aliphatic carbocycles. The van der Waals surface area contributed by atoms with Crippen molar-refractivity contribution in [2.24, 2.45) is 5.73 Å². The van der Waals surface area contributed by atoms with E-state index in [1.165, 1.54) is 7.11 Å². The lowest BCUT2D eigenvalue weighted by atomic mass is 10.3. The molecule has 0 heterocycles. The molecule has 8 heteroatoms. The molecule has 0 aromatic rings. The third-order valence-corrected chi connectivity index (χ3v) is 2.05. The first-order valence-electron chi connectivity index (χ1n) is 5.49. The number of nitrogens with zero attached hydrogens (tertiary/aromatic N) is 1. The molecular weight excluding hydrogens is 242 g/mol. The minimum atomic E-state index is -1.10. The van der Waals surface area contributed by atoms with Crippen LogP contribution in [0.1, 0.15) is 12.8 Å². The van der Waals surface area contributed by atoms with Gasteiger partial charge >= 0.3 is 12.0 Å². The molecule has 0 fully saturated rings. The van der Waals surface area contributed by atoms with E-state index in [4.69, 9.17) is 15.6 Å². The summed E-state index contributed by atoms with van der Waals surface area (Å²) in [5.74, 6) is -1.54. The summed E-state index contributed by atoms with van der Waals surface area (Å²) in [5.41, 5.74) is 4.94. The van der Waals surface area contributed by atoms with Crippen molar-refractivity contribution in [3.05, 3.63) is 0 Å². The van der Waals surface area contributed by atoms with E-state index in [1.54, 1.807) is 0 Å². The van der Waals surface area contributed by atoms with Gasteiger partial charge in [0, 0.05) is 26.6 Å². The fourth-order valence-corrected chi connectivity index (χ4v) is 1.19. The van der Waals surface area contributed by atoms with Crippen LogP contribution in [0.15, 0.2) is 0 Å². The van der Waals surface area contributed by atoms with Gasteiger partial charge in [-0.3, -0.25) is 9.59 Å². The molecule has 4 N–H and O–H groups in total. The van der Waals surface area contributed by atoms with Crippen LogP contribution in [0.25, 0.3) is 0 Å². The zero-order valence-electron chi connectivity index (χ0n) is 10.3. The summed E-state index contributed by atoms with van der Waals surface area (Å²) in [6.45, 7) is 0.308. The van der Waals surface area contributed by atoms with Crippen molar-refractivity contribution >= 4 is 17.9 Å². The SMILES string of the molecule is COCCN(CC(=O)O)C(=O)NCCCC(N)=O. The number of amides is 3. The molecule has 0 rings (SSSR count). The predicted molar refractivity (Wildman–Crippen MR) is 62.9 cm³/mol. The molecule has 0 aromatic heterocycles. The number of primary amides is 1. The Kier molecular flexibility index (Phi) is 8.29. The highest BCUT2D eigenvalue weighted by atomic mass is 16.5. The summed E-state index contributed by atoms with van der Waals surface area (Å²) in [7, 11) is 1.46. The summed E-state index contributed by atoms with van der Waals surface area (Å²) in [5, 5.41) is 11.2. The molecule has 3 amide bonds. The number of aliphatic carboxylic acids is 1. The molecule has 0 aliphatic rings. The Bertz CT molecular complexity index is 295. The third kappa shape index (κ3) is 8.34. The average molecular weight is 261 g/mol. The standard InChI is InChI=1S/C10H19N3O5/c1-18-6-5-13(7-9(15)16)10(17)12-4-2-3-8(11)14/h2-7H2,1H3,(H2,11,14)(H,12,17)(H,15,16). The van der Waals surface area contributed by atoms with Crippen molar-refractivity contribution in [3.63, 3.8) is 0 Å². The van der Waals surface area contributed by atoms with Crippen molar-refractivity contribution < 1.29 is 24.2 Å². The van der Waals surface area contributed by atoms with E-state index in [1.807, 2.05) is 0 Å². The highest BCUT2D eigenvalue weighted by Gasteiger charge is 2.15. The molecule has 0 atom stereocenters. The van der Waals surface area contributed by atoms with Gasteiger partial charge in [0.15, 0.2) is 0 Å². The van der Waals surface area contributed by atoms with Gasteiger partial charge in [-0.05, 0) is 6.42 Å². The number of hydrogen-bond donors (Lipinski definition) is 3. The number of ether oxygens (including phenoxy) is 1. The molecule has 0 bridgehead atoms. The highest BCUT2D eigenvalue weighted by molar-refractivity contribution is 5.80. The third-order valence-electron chi connectivity index (χ3n) is 2.05. The fourth-order valence-electron chi connectivity index (χ4n) is 1.19. The number of hydrogen-bond acceptors (Lipinski definition) is 4. The van der Waals surface area contributed by atoms with E-state index in [2.05, 4.69) is 5.32 Å². The lowest BCUT2D eigenvalue weighted by Gasteiger charge is -2.20. The maximum absolute atomic E-state index is 11.6. The first-order chi connectivity index (χ1) is 8.47. The number of carboxylic acids is 1. The number of carbonyl (C=O) groups is 3. The molecule has 0 aromatic carbocycles. The van der Waals surface area contributed by atoms with Crippen molar-refractivity contribution in [1.82, 2.24) is 10.2 Å². The van der Waals surface area contributed by atoms with Gasteiger partial charge in [0.25, 0.3) is 0 Å². The molecule has 0 spiro atoms. The molecule has 8 nitrogen and oxygen atoms in total. The number of urea groups is 1. The van der Waals surface area contributed by atoms with Gasteiger partial charge in [-0.1, -0.05) is 0 Å². The topological polar surface area (TPSA) is 122 Å². The maximum Gasteiger partial charge on any atom is 0.323 e. The summed E-state index contributed by atoms with van der Waals surface area (Å²) in [6, 6.07) is -0.501. The van der Waals surface area contributed by atoms with Crippen molar-refractivity contribution in [1.29, 1.82) is 0 Å². The number of nitrogens with two attached hydrogens (primary N) is 1. The fraction of sp³-hybridized carbons (Fsp3) is 0.700. The van der Waals surface area contributed by atoms with Gasteiger partial charge in [0.05, 0.1) is 6.61 Å². The lowest BCUT2D eigenvalue weighted by molar-refractivity contribution is -0.137. The molecule has 0 saturated carbocycles. The Morgan fingerprint density at radius 1 is 1.39 bits per heavy atom. The summed E-state index contributed by atoms with van der Waals surface area (Å²) < 4.78 is 4.79. The largest absolute Gasteiger partial charge is 0.480 e. The minimum absolute atomic E-state index is 0.178. The van der Waals surface area contributed by atoms with E-state index in [0.29, 0.717) is 6.42 Å². The van der Waals surface area contributed by atoms with Crippen LogP contribution < -0.4 is 11.1 Å². The van der Waals surface area contributed by atoms with Crippen LogP contribution in [-0.2, 0) is 14.3 Å². The van der Waals surface area contributed by atoms with Crippen LogP contribution in [-0.4, -0.2) is 61.3 Å². The van der Waals surface area contributed by atoms with Gasteiger partial charge in [-0.15, -0.1) is 0 Å². The number of methoxy groups -OCH3 is 1. The average Bonchev–Trinajstić information content (AvgIpc) is 2.29. The zero-order chi connectivity index (χ0) is 14.0. The Balaban J connectivity index is 4.03. The van der Waals surface area contributed by atoms with Gasteiger partial charge < -0.3 is 25.8 Å². The molecule has 0 radical (unpaired) electrons. The Morgan fingerprint density at radius 2 is 2.06 bits per heavy atom. The quantitative estimate of drug-likeness (QED) is 0.459. The van der Waals surface area contributed by atoms with Crippen molar-refractivity contribution in [3.8, 4) is 0 Å². The number of nitrogens with one attached hydrogen (secondary N) is 1. The zero-order valence-corrected chi connectivity index (χ0v) is 10.3. The summed E-state index contributed by atoms with van der Waals surface area (Å²) >= 11 is 0. The number of carboxylic acid groups (broad SMARTS) is 1. The summed E-state index contributed by atoms with van der Waals surface area (Å²) in [4.78, 5) is 33.8. The van der Waals surface area contributed by atoms with Crippen molar-refractivity contribution in [2.75, 3.05) is 33.4 Å². The van der Waals surface area contributed by atoms with E-state index in [-0.39, 0.29) is 26.1 Å². The smallest absolute Gasteiger partial charge is 0.323 e. The molecule has 0 saturated heterocycles. The highest BCUT2D eigenvalue weighted by Crippen LogP contribution is 1.92. The van der Waals surface area contributed by atoms with E-state index < -0.39 is 24.5 Å². The lowest BCUT2D eigenvalue weighted by Crippen LogP contribution is -2.44. The second-order valence-corrected chi connectivity index (χ2v) is 3.61. The Labute approximate surface area is 105 Å². The molecular formula is C10H19N3O5. The van der Waals surface area contributed by atoms with E-state index in [0.717, 1.165) is 4.90 Å². The van der Waals surface area contributed by atoms with Crippen LogP contribution in [0.5, 0.6) is 0 Å². The normalized spacial score (nSPS) is 9.83. The van der Waals surface area contributed by atoms with E-state index in [9.17, 15) is 14.4 Å². The second kappa shape index (κ2) is 9.23. The maximum atomic E-state index is 11.6. The first-order valence-corrected chi connectivity index (χ1v) is 5.49. The van der Waals surface area contributed by atoms with Crippen LogP contribution in [0.3, 0.4) is 0 Å². The first kappa shape index (κ1) is 16.2. The van der Waals surface area contributed by atoms with Gasteiger partial charge in [0.1, 0.15) is 6.54 Å². The molecule has 18 heavy (non-hydrogen) atoms. The Morgan fingerprint density at radius 3 is 2.56 bits per heavy atom. The number of rotatable bonds is 9. The Hall–Kier alpha value is -1.83. The summed E-state index contributed by atoms with van der Waals surface area (Å²) in [6.07, 6.45) is 0.601. The van der Waals surface area contributed by atoms with Crippen LogP contribution in [0, 0.1) is 0 Å². The molecule has 0 aliphatic heterocycles. The molecule has 0 unspecified atom stereocenters. The monoisotopic (exact) mass is 261 g/mol. The predicted octanol–water partition coefficient (Wildman–Crippen LogP) is -1.01. The van der Waals surface area contributed by atoms with Gasteiger partial charge in [-0.25, -0.2) is 4.79 Å². The van der Waals surface area contributed by atoms with Gasteiger partial charge in [0.2, 0.25) is 5.91 Å². The van der Waals surface area contributed by atoms with Crippen LogP contribution in [0.2, 0.25) is 0 Å². The van der Waals surface area contributed by atoms with Crippen LogP contribution in [0.4, 0.5) is 4.79 Å².